The molecule has 3 rings (SSSR count). The van der Waals surface area contributed by atoms with Gasteiger partial charge in [-0.3, -0.25) is 0 Å². The van der Waals surface area contributed by atoms with Gasteiger partial charge in [-0.25, -0.2) is 0 Å². The van der Waals surface area contributed by atoms with Gasteiger partial charge in [0.05, 0.1) is 3.79 Å². The van der Waals surface area contributed by atoms with E-state index in [1.54, 1.807) is 11.3 Å². The maximum absolute atomic E-state index is 6.22. The van der Waals surface area contributed by atoms with E-state index in [1.165, 1.54) is 48.1 Å². The number of hydrogen-bond acceptors (Lipinski definition) is 3. The van der Waals surface area contributed by atoms with Crippen LogP contribution in [-0.2, 0) is 6.42 Å². The molecule has 18 heavy (non-hydrogen) atoms. The summed E-state index contributed by atoms with van der Waals surface area (Å²) in [7, 11) is 0. The van der Waals surface area contributed by atoms with Crippen molar-refractivity contribution in [2.45, 2.75) is 31.7 Å². The van der Waals surface area contributed by atoms with Gasteiger partial charge in [-0.2, -0.15) is 0 Å². The van der Waals surface area contributed by atoms with Crippen molar-refractivity contribution in [1.82, 2.24) is 4.90 Å². The van der Waals surface area contributed by atoms with Crippen molar-refractivity contribution in [3.8, 4) is 0 Å². The van der Waals surface area contributed by atoms with Crippen molar-refractivity contribution in [3.05, 3.63) is 20.8 Å². The minimum absolute atomic E-state index is 0.379. The van der Waals surface area contributed by atoms with Crippen LogP contribution in [0.4, 0.5) is 0 Å². The molecule has 4 heteroatoms. The van der Waals surface area contributed by atoms with Crippen LogP contribution in [-0.4, -0.2) is 30.6 Å². The maximum atomic E-state index is 6.22. The first-order valence-corrected chi connectivity index (χ1v) is 8.57. The van der Waals surface area contributed by atoms with Gasteiger partial charge in [-0.15, -0.1) is 11.3 Å². The number of nitrogens with two attached hydrogens (primary N) is 1. The molecule has 1 aliphatic carbocycles. The van der Waals surface area contributed by atoms with Gasteiger partial charge >= 0.3 is 0 Å². The standard InChI is InChI=1S/C14H21BrN2S/c15-14-5-12(9-18-14)3-11-4-13(16)8-17(7-11)6-10-1-2-10/h5,9-11,13H,1-4,6-8,16H2. The molecule has 0 aromatic carbocycles. The molecule has 1 aromatic heterocycles. The molecule has 0 amide bonds. The van der Waals surface area contributed by atoms with E-state index in [2.05, 4.69) is 32.3 Å². The maximum Gasteiger partial charge on any atom is 0.0701 e. The van der Waals surface area contributed by atoms with Crippen molar-refractivity contribution in [2.75, 3.05) is 19.6 Å². The predicted octanol–water partition coefficient (Wildman–Crippen LogP) is 3.11. The van der Waals surface area contributed by atoms with Gasteiger partial charge in [-0.05, 0) is 70.5 Å². The topological polar surface area (TPSA) is 29.3 Å². The summed E-state index contributed by atoms with van der Waals surface area (Å²) in [5.74, 6) is 1.72. The van der Waals surface area contributed by atoms with Crippen molar-refractivity contribution in [3.63, 3.8) is 0 Å². The van der Waals surface area contributed by atoms with Crippen LogP contribution in [0.2, 0.25) is 0 Å². The van der Waals surface area contributed by atoms with E-state index in [1.807, 2.05) is 0 Å². The fourth-order valence-corrected chi connectivity index (χ4v) is 4.32. The molecule has 1 saturated heterocycles. The summed E-state index contributed by atoms with van der Waals surface area (Å²) in [6.07, 6.45) is 5.26. The summed E-state index contributed by atoms with van der Waals surface area (Å²) >= 11 is 5.33. The van der Waals surface area contributed by atoms with Crippen LogP contribution in [0.5, 0.6) is 0 Å². The molecule has 2 aliphatic rings. The molecule has 2 atom stereocenters. The molecule has 1 aliphatic heterocycles. The van der Waals surface area contributed by atoms with Crippen LogP contribution in [0.3, 0.4) is 0 Å². The Kier molecular flexibility index (Phi) is 4.09. The second kappa shape index (κ2) is 5.61. The van der Waals surface area contributed by atoms with Crippen LogP contribution < -0.4 is 5.73 Å². The molecule has 100 valence electrons. The summed E-state index contributed by atoms with van der Waals surface area (Å²) in [5.41, 5.74) is 7.69. The SMILES string of the molecule is NC1CC(Cc2csc(Br)c2)CN(CC2CC2)C1. The average molecular weight is 329 g/mol. The molecule has 2 heterocycles. The largest absolute Gasteiger partial charge is 0.327 e. The first-order chi connectivity index (χ1) is 8.69. The first kappa shape index (κ1) is 13.1. The molecule has 2 N–H and O–H groups in total. The van der Waals surface area contributed by atoms with Gasteiger partial charge in [0.25, 0.3) is 0 Å². The summed E-state index contributed by atoms with van der Waals surface area (Å²) in [4.78, 5) is 2.61. The smallest absolute Gasteiger partial charge is 0.0701 e. The average Bonchev–Trinajstić information content (AvgIpc) is 3.01. The van der Waals surface area contributed by atoms with Gasteiger partial charge in [0.1, 0.15) is 0 Å². The lowest BCUT2D eigenvalue weighted by molar-refractivity contribution is 0.150. The molecule has 0 spiro atoms. The highest BCUT2D eigenvalue weighted by molar-refractivity contribution is 9.11. The molecule has 1 aromatic rings. The summed E-state index contributed by atoms with van der Waals surface area (Å²) in [5, 5.41) is 2.27. The number of likely N-dealkylation sites (tertiary alicyclic amines) is 1. The normalized spacial score (nSPS) is 29.7. The molecule has 2 unspecified atom stereocenters. The Balaban J connectivity index is 1.57. The Morgan fingerprint density at radius 1 is 1.33 bits per heavy atom. The van der Waals surface area contributed by atoms with E-state index in [0.29, 0.717) is 6.04 Å². The van der Waals surface area contributed by atoms with Gasteiger partial charge in [-0.1, -0.05) is 0 Å². The summed E-state index contributed by atoms with van der Waals surface area (Å²) < 4.78 is 1.24. The Morgan fingerprint density at radius 3 is 2.83 bits per heavy atom. The van der Waals surface area contributed by atoms with Crippen molar-refractivity contribution >= 4 is 27.3 Å². The molecule has 1 saturated carbocycles. The number of piperidine rings is 1. The van der Waals surface area contributed by atoms with Gasteiger partial charge in [0.15, 0.2) is 0 Å². The lowest BCUT2D eigenvalue weighted by Gasteiger charge is -2.36. The number of thiophene rings is 1. The highest BCUT2D eigenvalue weighted by Gasteiger charge is 2.30. The third-order valence-corrected chi connectivity index (χ3v) is 5.56. The monoisotopic (exact) mass is 328 g/mol. The fourth-order valence-electron chi connectivity index (χ4n) is 3.10. The van der Waals surface area contributed by atoms with E-state index in [-0.39, 0.29) is 0 Å². The highest BCUT2D eigenvalue weighted by Crippen LogP contribution is 2.32. The zero-order valence-corrected chi connectivity index (χ0v) is 13.0. The van der Waals surface area contributed by atoms with E-state index in [0.717, 1.165) is 18.4 Å². The van der Waals surface area contributed by atoms with Crippen molar-refractivity contribution < 1.29 is 0 Å². The Hall–Kier alpha value is 0.1000. The Morgan fingerprint density at radius 2 is 2.17 bits per heavy atom. The van der Waals surface area contributed by atoms with Gasteiger partial charge < -0.3 is 10.6 Å². The first-order valence-electron chi connectivity index (χ1n) is 6.90. The lowest BCUT2D eigenvalue weighted by Crippen LogP contribution is -2.48. The Labute approximate surface area is 122 Å². The molecule has 2 fully saturated rings. The number of hydrogen-bond donors (Lipinski definition) is 1. The zero-order valence-electron chi connectivity index (χ0n) is 10.6. The summed E-state index contributed by atoms with van der Waals surface area (Å²) in [6.45, 7) is 3.65. The van der Waals surface area contributed by atoms with E-state index in [4.69, 9.17) is 5.73 Å². The highest BCUT2D eigenvalue weighted by atomic mass is 79.9. The van der Waals surface area contributed by atoms with Crippen LogP contribution in [0.25, 0.3) is 0 Å². The van der Waals surface area contributed by atoms with Gasteiger partial charge in [0, 0.05) is 25.7 Å². The van der Waals surface area contributed by atoms with Crippen molar-refractivity contribution in [2.24, 2.45) is 17.6 Å². The fraction of sp³-hybridized carbons (Fsp3) is 0.714. The minimum Gasteiger partial charge on any atom is -0.327 e. The third kappa shape index (κ3) is 3.56. The molecule has 0 radical (unpaired) electrons. The second-order valence-electron chi connectivity index (χ2n) is 5.99. The quantitative estimate of drug-likeness (QED) is 0.920. The number of rotatable bonds is 4. The Bertz CT molecular complexity index is 400. The molecular weight excluding hydrogens is 308 g/mol. The van der Waals surface area contributed by atoms with Crippen LogP contribution in [0.1, 0.15) is 24.8 Å². The molecular formula is C14H21BrN2S. The third-order valence-electron chi connectivity index (χ3n) is 4.00. The lowest BCUT2D eigenvalue weighted by atomic mass is 9.90. The second-order valence-corrected chi connectivity index (χ2v) is 8.28. The van der Waals surface area contributed by atoms with Gasteiger partial charge in [0.2, 0.25) is 0 Å². The van der Waals surface area contributed by atoms with E-state index in [9.17, 15) is 0 Å². The van der Waals surface area contributed by atoms with Crippen LogP contribution >= 0.6 is 27.3 Å². The zero-order chi connectivity index (χ0) is 12.5. The minimum atomic E-state index is 0.379. The van der Waals surface area contributed by atoms with E-state index >= 15 is 0 Å². The van der Waals surface area contributed by atoms with E-state index < -0.39 is 0 Å². The number of nitrogens with zero attached hydrogens (tertiary/aromatic N) is 1. The predicted molar refractivity (Wildman–Crippen MR) is 81.0 cm³/mol. The van der Waals surface area contributed by atoms with Crippen molar-refractivity contribution in [1.29, 1.82) is 0 Å². The summed E-state index contributed by atoms with van der Waals surface area (Å²) in [6, 6.07) is 2.64. The molecule has 0 bridgehead atoms. The molecule has 2 nitrogen and oxygen atoms in total. The van der Waals surface area contributed by atoms with Crippen LogP contribution in [0.15, 0.2) is 15.2 Å². The number of halogens is 1. The van der Waals surface area contributed by atoms with Crippen LogP contribution in [0, 0.1) is 11.8 Å².